The van der Waals surface area contributed by atoms with Crippen LogP contribution in [0.5, 0.6) is 0 Å². The van der Waals surface area contributed by atoms with Crippen LogP contribution in [-0.4, -0.2) is 21.8 Å². The molecule has 0 saturated carbocycles. The number of rotatable bonds is 5. The molecule has 2 nitrogen and oxygen atoms in total. The lowest BCUT2D eigenvalue weighted by atomic mass is 10.2. The van der Waals surface area contributed by atoms with Gasteiger partial charge in [0.1, 0.15) is 5.82 Å². The second-order valence-electron chi connectivity index (χ2n) is 3.34. The van der Waals surface area contributed by atoms with Crippen LogP contribution in [0.3, 0.4) is 0 Å². The third kappa shape index (κ3) is 4.00. The Morgan fingerprint density at radius 3 is 2.93 bits per heavy atom. The highest BCUT2D eigenvalue weighted by Crippen LogP contribution is 2.15. The summed E-state index contributed by atoms with van der Waals surface area (Å²) in [5.41, 5.74) is 0.353. The number of hydrogen-bond donors (Lipinski definition) is 0. The monoisotopic (exact) mass is 227 g/mol. The van der Waals surface area contributed by atoms with Gasteiger partial charge in [0, 0.05) is 17.0 Å². The van der Waals surface area contributed by atoms with Gasteiger partial charge in [-0.1, -0.05) is 13.8 Å². The van der Waals surface area contributed by atoms with Crippen LogP contribution in [0.1, 0.15) is 30.6 Å². The minimum atomic E-state index is -0.464. The molecule has 15 heavy (non-hydrogen) atoms. The van der Waals surface area contributed by atoms with Crippen molar-refractivity contribution < 1.29 is 9.18 Å². The Kier molecular flexibility index (Phi) is 4.75. The standard InChI is InChI=1S/C11H14FNOS/c1-3-8(2)15-7-11(14)9-4-10(12)6-13-5-9/h4-6,8H,3,7H2,1-2H3. The van der Waals surface area contributed by atoms with E-state index in [1.54, 1.807) is 11.8 Å². The lowest BCUT2D eigenvalue weighted by Crippen LogP contribution is -2.06. The predicted molar refractivity (Wildman–Crippen MR) is 60.7 cm³/mol. The summed E-state index contributed by atoms with van der Waals surface area (Å²) in [5.74, 6) is -0.137. The van der Waals surface area contributed by atoms with Gasteiger partial charge in [-0.15, -0.1) is 0 Å². The molecule has 1 aromatic heterocycles. The van der Waals surface area contributed by atoms with Crippen molar-refractivity contribution in [3.8, 4) is 0 Å². The number of halogens is 1. The van der Waals surface area contributed by atoms with Crippen molar-refractivity contribution in [2.45, 2.75) is 25.5 Å². The molecule has 0 fully saturated rings. The van der Waals surface area contributed by atoms with Crippen molar-refractivity contribution >= 4 is 17.5 Å². The van der Waals surface area contributed by atoms with Gasteiger partial charge in [-0.25, -0.2) is 4.39 Å². The fourth-order valence-electron chi connectivity index (χ4n) is 0.983. The number of pyridine rings is 1. The van der Waals surface area contributed by atoms with Gasteiger partial charge < -0.3 is 0 Å². The van der Waals surface area contributed by atoms with Gasteiger partial charge in [-0.2, -0.15) is 11.8 Å². The SMILES string of the molecule is CCC(C)SCC(=O)c1cncc(F)c1. The van der Waals surface area contributed by atoms with Crippen molar-refractivity contribution in [2.24, 2.45) is 0 Å². The highest BCUT2D eigenvalue weighted by molar-refractivity contribution is 8.00. The average molecular weight is 227 g/mol. The smallest absolute Gasteiger partial charge is 0.174 e. The third-order valence-electron chi connectivity index (χ3n) is 2.10. The van der Waals surface area contributed by atoms with Gasteiger partial charge in [-0.05, 0) is 12.5 Å². The number of nitrogens with zero attached hydrogens (tertiary/aromatic N) is 1. The summed E-state index contributed by atoms with van der Waals surface area (Å²) >= 11 is 1.59. The highest BCUT2D eigenvalue weighted by Gasteiger charge is 2.09. The van der Waals surface area contributed by atoms with E-state index >= 15 is 0 Å². The molecule has 1 aromatic rings. The Morgan fingerprint density at radius 1 is 1.60 bits per heavy atom. The highest BCUT2D eigenvalue weighted by atomic mass is 32.2. The number of hydrogen-bond acceptors (Lipinski definition) is 3. The molecule has 0 bridgehead atoms. The van der Waals surface area contributed by atoms with Crippen molar-refractivity contribution in [1.82, 2.24) is 4.98 Å². The summed E-state index contributed by atoms with van der Waals surface area (Å²) in [5, 5.41) is 0.454. The van der Waals surface area contributed by atoms with Gasteiger partial charge in [-0.3, -0.25) is 9.78 Å². The van der Waals surface area contributed by atoms with E-state index in [9.17, 15) is 9.18 Å². The largest absolute Gasteiger partial charge is 0.293 e. The molecule has 0 aliphatic heterocycles. The summed E-state index contributed by atoms with van der Waals surface area (Å²) in [6, 6.07) is 1.23. The molecule has 0 amide bonds. The molecule has 0 radical (unpaired) electrons. The maximum absolute atomic E-state index is 12.8. The Bertz CT molecular complexity index is 343. The molecule has 0 aliphatic carbocycles. The molecule has 4 heteroatoms. The second-order valence-corrected chi connectivity index (χ2v) is 4.77. The molecule has 0 aliphatic rings. The van der Waals surface area contributed by atoms with Crippen molar-refractivity contribution in [1.29, 1.82) is 0 Å². The first-order valence-electron chi connectivity index (χ1n) is 4.88. The van der Waals surface area contributed by atoms with Crippen LogP contribution in [0, 0.1) is 5.82 Å². The minimum Gasteiger partial charge on any atom is -0.293 e. The quantitative estimate of drug-likeness (QED) is 0.724. The van der Waals surface area contributed by atoms with Gasteiger partial charge in [0.15, 0.2) is 5.78 Å². The molecule has 1 unspecified atom stereocenters. The van der Waals surface area contributed by atoms with Crippen LogP contribution in [0.25, 0.3) is 0 Å². The van der Waals surface area contributed by atoms with E-state index in [2.05, 4.69) is 18.8 Å². The maximum Gasteiger partial charge on any atom is 0.174 e. The van der Waals surface area contributed by atoms with Crippen LogP contribution in [0.2, 0.25) is 0 Å². The Morgan fingerprint density at radius 2 is 2.33 bits per heavy atom. The van der Waals surface area contributed by atoms with Crippen molar-refractivity contribution in [3.05, 3.63) is 29.8 Å². The van der Waals surface area contributed by atoms with E-state index in [4.69, 9.17) is 0 Å². The first-order valence-corrected chi connectivity index (χ1v) is 5.93. The van der Waals surface area contributed by atoms with E-state index in [1.807, 2.05) is 0 Å². The van der Waals surface area contributed by atoms with Gasteiger partial charge in [0.05, 0.1) is 11.9 Å². The molecule has 1 heterocycles. The first kappa shape index (κ1) is 12.2. The fourth-order valence-corrected chi connectivity index (χ4v) is 1.82. The van der Waals surface area contributed by atoms with Crippen LogP contribution < -0.4 is 0 Å². The minimum absolute atomic E-state index is 0.0627. The molecule has 1 atom stereocenters. The second kappa shape index (κ2) is 5.85. The summed E-state index contributed by atoms with van der Waals surface area (Å²) in [6.07, 6.45) is 3.53. The molecule has 0 spiro atoms. The Labute approximate surface area is 93.3 Å². The molecular formula is C11H14FNOS. The lowest BCUT2D eigenvalue weighted by Gasteiger charge is -2.06. The number of carbonyl (C=O) groups is 1. The lowest BCUT2D eigenvalue weighted by molar-refractivity contribution is 0.102. The van der Waals surface area contributed by atoms with Crippen LogP contribution in [0.4, 0.5) is 4.39 Å². The van der Waals surface area contributed by atoms with E-state index < -0.39 is 5.82 Å². The zero-order valence-electron chi connectivity index (χ0n) is 8.87. The number of aromatic nitrogens is 1. The zero-order valence-corrected chi connectivity index (χ0v) is 9.68. The number of Topliss-reactive ketones (excluding diaryl/α,β-unsaturated/α-hetero) is 1. The maximum atomic E-state index is 12.8. The van der Waals surface area contributed by atoms with Crippen LogP contribution >= 0.6 is 11.8 Å². The predicted octanol–water partition coefficient (Wildman–Crippen LogP) is 2.94. The molecule has 1 rings (SSSR count). The zero-order chi connectivity index (χ0) is 11.3. The van der Waals surface area contributed by atoms with Crippen LogP contribution in [0.15, 0.2) is 18.5 Å². The van der Waals surface area contributed by atoms with E-state index in [1.165, 1.54) is 12.3 Å². The molecule has 0 saturated heterocycles. The Hall–Kier alpha value is -0.900. The Balaban J connectivity index is 2.54. The topological polar surface area (TPSA) is 30.0 Å². The van der Waals surface area contributed by atoms with E-state index in [-0.39, 0.29) is 5.78 Å². The number of carbonyl (C=O) groups excluding carboxylic acids is 1. The summed E-state index contributed by atoms with van der Waals surface area (Å²) in [7, 11) is 0. The van der Waals surface area contributed by atoms with Crippen molar-refractivity contribution in [3.63, 3.8) is 0 Å². The third-order valence-corrected chi connectivity index (χ3v) is 3.43. The first-order chi connectivity index (χ1) is 7.13. The van der Waals surface area contributed by atoms with Crippen molar-refractivity contribution in [2.75, 3.05) is 5.75 Å². The molecule has 0 N–H and O–H groups in total. The average Bonchev–Trinajstić information content (AvgIpc) is 2.25. The van der Waals surface area contributed by atoms with Gasteiger partial charge in [0.25, 0.3) is 0 Å². The number of ketones is 1. The van der Waals surface area contributed by atoms with E-state index in [0.29, 0.717) is 16.6 Å². The molecule has 0 aromatic carbocycles. The van der Waals surface area contributed by atoms with E-state index in [0.717, 1.165) is 12.6 Å². The summed E-state index contributed by atoms with van der Waals surface area (Å²) in [6.45, 7) is 4.15. The molecule has 82 valence electrons. The van der Waals surface area contributed by atoms with Crippen LogP contribution in [-0.2, 0) is 0 Å². The normalized spacial score (nSPS) is 12.5. The van der Waals surface area contributed by atoms with Gasteiger partial charge in [0.2, 0.25) is 0 Å². The fraction of sp³-hybridized carbons (Fsp3) is 0.455. The molecular weight excluding hydrogens is 213 g/mol. The summed E-state index contributed by atoms with van der Waals surface area (Å²) in [4.78, 5) is 15.2. The van der Waals surface area contributed by atoms with Gasteiger partial charge >= 0.3 is 0 Å². The number of thioether (sulfide) groups is 1. The summed E-state index contributed by atoms with van der Waals surface area (Å²) < 4.78 is 12.8.